The molecule has 3 nitrogen and oxygen atoms in total. The van der Waals surface area contributed by atoms with Gasteiger partial charge in [-0.15, -0.1) is 6.42 Å². The number of ether oxygens (including phenoxy) is 1. The molecule has 4 aliphatic rings. The van der Waals surface area contributed by atoms with Crippen LogP contribution in [-0.4, -0.2) is 17.4 Å². The summed E-state index contributed by atoms with van der Waals surface area (Å²) in [7, 11) is 0. The fourth-order valence-corrected chi connectivity index (χ4v) is 6.86. The van der Waals surface area contributed by atoms with Gasteiger partial charge in [-0.2, -0.15) is 0 Å². The largest absolute Gasteiger partial charge is 0.445 e. The first-order valence-electron chi connectivity index (χ1n) is 9.81. The minimum Gasteiger partial charge on any atom is -0.445 e. The smallest absolute Gasteiger partial charge is 0.304 e. The summed E-state index contributed by atoms with van der Waals surface area (Å²) in [4.78, 5) is 23.5. The number of rotatable bonds is 1. The SMILES string of the molecule is C#C[C@@]1(OC(C)=O)CC[C@@H]2[C@H]3CCC4=CC(=O)CC[C@@H]4[C@H]3CC[C@@]21C. The van der Waals surface area contributed by atoms with Crippen molar-refractivity contribution in [2.75, 3.05) is 0 Å². The lowest BCUT2D eigenvalue weighted by atomic mass is 9.50. The van der Waals surface area contributed by atoms with Crippen molar-refractivity contribution in [2.24, 2.45) is 29.1 Å². The van der Waals surface area contributed by atoms with Crippen molar-refractivity contribution in [3.05, 3.63) is 11.6 Å². The normalized spacial score (nSPS) is 45.5. The second kappa shape index (κ2) is 5.73. The van der Waals surface area contributed by atoms with E-state index < -0.39 is 5.60 Å². The average Bonchev–Trinajstić information content (AvgIpc) is 2.87. The summed E-state index contributed by atoms with van der Waals surface area (Å²) in [5.74, 6) is 5.41. The summed E-state index contributed by atoms with van der Waals surface area (Å²) in [6, 6.07) is 0. The van der Waals surface area contributed by atoms with Crippen LogP contribution in [0, 0.1) is 41.4 Å². The number of carbonyl (C=O) groups excluding carboxylic acids is 2. The first kappa shape index (κ1) is 16.9. The van der Waals surface area contributed by atoms with E-state index in [1.807, 2.05) is 6.08 Å². The number of hydrogen-bond donors (Lipinski definition) is 0. The molecule has 6 atom stereocenters. The van der Waals surface area contributed by atoms with Crippen LogP contribution in [0.15, 0.2) is 11.6 Å². The predicted molar refractivity (Wildman–Crippen MR) is 95.4 cm³/mol. The van der Waals surface area contributed by atoms with Crippen LogP contribution in [0.2, 0.25) is 0 Å². The molecular weight excluding hydrogens is 312 g/mol. The van der Waals surface area contributed by atoms with Crippen molar-refractivity contribution in [3.63, 3.8) is 0 Å². The molecule has 0 radical (unpaired) electrons. The number of terminal acetylenes is 1. The summed E-state index contributed by atoms with van der Waals surface area (Å²) >= 11 is 0. The Bertz CT molecular complexity index is 684. The van der Waals surface area contributed by atoms with Gasteiger partial charge in [0.15, 0.2) is 11.4 Å². The number of ketones is 1. The van der Waals surface area contributed by atoms with Crippen molar-refractivity contribution in [2.45, 2.75) is 70.8 Å². The standard InChI is InChI=1S/C22H28O3/c1-4-22(25-14(2)23)12-10-20-19-7-5-15-13-16(24)6-8-17(15)18(19)9-11-21(20,22)3/h1,13,17-20H,5-12H2,2-3H3/t17-,18+,19-,20+,21-,22+/m0/s1. The van der Waals surface area contributed by atoms with Gasteiger partial charge < -0.3 is 4.74 Å². The summed E-state index contributed by atoms with van der Waals surface area (Å²) < 4.78 is 5.79. The maximum absolute atomic E-state index is 11.8. The molecule has 0 aromatic rings. The topological polar surface area (TPSA) is 43.4 Å². The fourth-order valence-electron chi connectivity index (χ4n) is 6.86. The molecule has 3 heteroatoms. The maximum atomic E-state index is 11.8. The lowest BCUT2D eigenvalue weighted by Gasteiger charge is -2.55. The molecule has 0 N–H and O–H groups in total. The Kier molecular flexibility index (Phi) is 3.87. The van der Waals surface area contributed by atoms with Gasteiger partial charge in [0.2, 0.25) is 0 Å². The van der Waals surface area contributed by atoms with Crippen LogP contribution in [0.4, 0.5) is 0 Å². The highest BCUT2D eigenvalue weighted by Crippen LogP contribution is 2.65. The van der Waals surface area contributed by atoms with E-state index >= 15 is 0 Å². The summed E-state index contributed by atoms with van der Waals surface area (Å²) in [6.45, 7) is 3.73. The van der Waals surface area contributed by atoms with Crippen molar-refractivity contribution >= 4 is 11.8 Å². The highest BCUT2D eigenvalue weighted by atomic mass is 16.6. The van der Waals surface area contributed by atoms with Gasteiger partial charge >= 0.3 is 5.97 Å². The van der Waals surface area contributed by atoms with E-state index in [9.17, 15) is 9.59 Å². The van der Waals surface area contributed by atoms with Gasteiger partial charge in [0.1, 0.15) is 0 Å². The van der Waals surface area contributed by atoms with Crippen LogP contribution in [-0.2, 0) is 14.3 Å². The Hall–Kier alpha value is -1.56. The maximum Gasteiger partial charge on any atom is 0.304 e. The molecule has 0 unspecified atom stereocenters. The van der Waals surface area contributed by atoms with Gasteiger partial charge in [0.05, 0.1) is 0 Å². The lowest BCUT2D eigenvalue weighted by molar-refractivity contribution is -0.167. The zero-order valence-corrected chi connectivity index (χ0v) is 15.3. The Morgan fingerprint density at radius 3 is 2.72 bits per heavy atom. The highest BCUT2D eigenvalue weighted by molar-refractivity contribution is 5.91. The van der Waals surface area contributed by atoms with Crippen LogP contribution in [0.1, 0.15) is 65.2 Å². The molecule has 4 rings (SSSR count). The minimum atomic E-state index is -0.729. The molecule has 134 valence electrons. The third-order valence-electron chi connectivity index (χ3n) is 7.97. The lowest BCUT2D eigenvalue weighted by Crippen LogP contribution is -2.53. The molecule has 0 aliphatic heterocycles. The monoisotopic (exact) mass is 340 g/mol. The van der Waals surface area contributed by atoms with Crippen molar-refractivity contribution < 1.29 is 14.3 Å². The molecule has 25 heavy (non-hydrogen) atoms. The van der Waals surface area contributed by atoms with Crippen LogP contribution in [0.25, 0.3) is 0 Å². The van der Waals surface area contributed by atoms with E-state index in [2.05, 4.69) is 12.8 Å². The van der Waals surface area contributed by atoms with E-state index in [1.54, 1.807) is 0 Å². The first-order valence-corrected chi connectivity index (χ1v) is 9.81. The molecule has 0 spiro atoms. The van der Waals surface area contributed by atoms with Gasteiger partial charge in [0.25, 0.3) is 0 Å². The average molecular weight is 340 g/mol. The Morgan fingerprint density at radius 2 is 2.00 bits per heavy atom. The number of carbonyl (C=O) groups is 2. The zero-order valence-electron chi connectivity index (χ0n) is 15.3. The van der Waals surface area contributed by atoms with Crippen molar-refractivity contribution in [1.29, 1.82) is 0 Å². The van der Waals surface area contributed by atoms with E-state index in [1.165, 1.54) is 12.5 Å². The van der Waals surface area contributed by atoms with Gasteiger partial charge in [-0.3, -0.25) is 9.59 Å². The molecule has 3 fully saturated rings. The van der Waals surface area contributed by atoms with E-state index in [-0.39, 0.29) is 11.4 Å². The molecule has 0 aromatic carbocycles. The molecule has 0 amide bonds. The number of esters is 1. The van der Waals surface area contributed by atoms with Crippen molar-refractivity contribution in [1.82, 2.24) is 0 Å². The van der Waals surface area contributed by atoms with E-state index in [0.717, 1.165) is 44.9 Å². The third kappa shape index (κ3) is 2.33. The fraction of sp³-hybridized carbons (Fsp3) is 0.727. The van der Waals surface area contributed by atoms with Crippen LogP contribution in [0.5, 0.6) is 0 Å². The van der Waals surface area contributed by atoms with Crippen LogP contribution in [0.3, 0.4) is 0 Å². The third-order valence-corrected chi connectivity index (χ3v) is 7.97. The van der Waals surface area contributed by atoms with Gasteiger partial charge in [0, 0.05) is 18.8 Å². The van der Waals surface area contributed by atoms with Gasteiger partial charge in [-0.05, 0) is 74.7 Å². The highest BCUT2D eigenvalue weighted by Gasteiger charge is 2.64. The second-order valence-electron chi connectivity index (χ2n) is 8.86. The Labute approximate surface area is 150 Å². The van der Waals surface area contributed by atoms with Gasteiger partial charge in [-0.25, -0.2) is 0 Å². The molecule has 4 aliphatic carbocycles. The Balaban J connectivity index is 1.64. The zero-order chi connectivity index (χ0) is 17.8. The van der Waals surface area contributed by atoms with E-state index in [4.69, 9.17) is 11.2 Å². The summed E-state index contributed by atoms with van der Waals surface area (Å²) in [6.07, 6.45) is 15.8. The number of hydrogen-bond acceptors (Lipinski definition) is 3. The second-order valence-corrected chi connectivity index (χ2v) is 8.86. The Morgan fingerprint density at radius 1 is 1.20 bits per heavy atom. The van der Waals surface area contributed by atoms with Gasteiger partial charge in [-0.1, -0.05) is 18.4 Å². The summed E-state index contributed by atoms with van der Waals surface area (Å²) in [5, 5.41) is 0. The molecule has 0 heterocycles. The molecular formula is C22H28O3. The first-order chi connectivity index (χ1) is 11.9. The van der Waals surface area contributed by atoms with E-state index in [0.29, 0.717) is 35.9 Å². The molecule has 3 saturated carbocycles. The number of fused-ring (bicyclic) bond motifs is 5. The molecule has 0 bridgehead atoms. The molecule has 0 saturated heterocycles. The van der Waals surface area contributed by atoms with Crippen LogP contribution < -0.4 is 0 Å². The van der Waals surface area contributed by atoms with Crippen molar-refractivity contribution in [3.8, 4) is 12.3 Å². The summed E-state index contributed by atoms with van der Waals surface area (Å²) in [5.41, 5.74) is 0.565. The quantitative estimate of drug-likeness (QED) is 0.534. The number of allylic oxidation sites excluding steroid dienone is 1. The van der Waals surface area contributed by atoms with Crippen LogP contribution >= 0.6 is 0 Å². The molecule has 0 aromatic heterocycles. The predicted octanol–water partition coefficient (Wildman–Crippen LogP) is 4.06. The minimum absolute atomic E-state index is 0.111.